The molecule has 0 bridgehead atoms. The van der Waals surface area contributed by atoms with Crippen molar-refractivity contribution in [3.63, 3.8) is 0 Å². The van der Waals surface area contributed by atoms with E-state index >= 15 is 0 Å². The molecule has 104 valence electrons. The summed E-state index contributed by atoms with van der Waals surface area (Å²) in [6.07, 6.45) is 1.98. The molecule has 0 aromatic heterocycles. The van der Waals surface area contributed by atoms with E-state index < -0.39 is 17.7 Å². The molecule has 1 N–H and O–H groups in total. The average molecular weight is 266 g/mol. The van der Waals surface area contributed by atoms with Crippen molar-refractivity contribution in [2.45, 2.75) is 38.5 Å². The fraction of sp³-hybridized carbons (Fsp3) is 0.667. The zero-order valence-electron chi connectivity index (χ0n) is 11.3. The van der Waals surface area contributed by atoms with Crippen molar-refractivity contribution < 1.29 is 14.7 Å². The number of urea groups is 1. The molecule has 0 spiro atoms. The summed E-state index contributed by atoms with van der Waals surface area (Å²) in [7, 11) is 1.61. The van der Waals surface area contributed by atoms with Crippen molar-refractivity contribution in [2.75, 3.05) is 13.6 Å². The van der Waals surface area contributed by atoms with Gasteiger partial charge < -0.3 is 5.11 Å². The van der Waals surface area contributed by atoms with Crippen molar-refractivity contribution in [2.24, 2.45) is 9.98 Å². The molecule has 0 radical (unpaired) electrons. The molecule has 0 aromatic rings. The molecule has 0 aromatic carbocycles. The number of carbonyl (C=O) groups is 2. The van der Waals surface area contributed by atoms with Gasteiger partial charge in [0, 0.05) is 13.6 Å². The van der Waals surface area contributed by atoms with Crippen LogP contribution in [-0.4, -0.2) is 64.3 Å². The highest BCUT2D eigenvalue weighted by Crippen LogP contribution is 2.28. The molecule has 2 heterocycles. The molecule has 2 aliphatic rings. The monoisotopic (exact) mass is 266 g/mol. The van der Waals surface area contributed by atoms with E-state index in [2.05, 4.69) is 9.98 Å². The zero-order chi connectivity index (χ0) is 14.2. The van der Waals surface area contributed by atoms with E-state index in [0.717, 1.165) is 4.90 Å². The summed E-state index contributed by atoms with van der Waals surface area (Å²) in [5.74, 6) is -0.395. The second-order valence-electron chi connectivity index (χ2n) is 5.03. The van der Waals surface area contributed by atoms with E-state index in [1.54, 1.807) is 20.9 Å². The summed E-state index contributed by atoms with van der Waals surface area (Å²) in [6.45, 7) is 3.65. The molecule has 2 unspecified atom stereocenters. The van der Waals surface area contributed by atoms with Gasteiger partial charge in [0.1, 0.15) is 6.34 Å². The predicted molar refractivity (Wildman–Crippen MR) is 70.1 cm³/mol. The van der Waals surface area contributed by atoms with Crippen LogP contribution in [0.3, 0.4) is 0 Å². The number of hydrogen-bond acceptors (Lipinski definition) is 5. The van der Waals surface area contributed by atoms with Crippen LogP contribution in [0.5, 0.6) is 0 Å². The number of carbonyl (C=O) groups excluding carboxylic acids is 2. The highest BCUT2D eigenvalue weighted by Gasteiger charge is 2.51. The maximum absolute atomic E-state index is 12.2. The van der Waals surface area contributed by atoms with Crippen molar-refractivity contribution in [3.05, 3.63) is 0 Å². The van der Waals surface area contributed by atoms with E-state index in [-0.39, 0.29) is 18.3 Å². The van der Waals surface area contributed by atoms with Crippen molar-refractivity contribution in [1.29, 1.82) is 0 Å². The second-order valence-corrected chi connectivity index (χ2v) is 5.03. The molecule has 7 nitrogen and oxygen atoms in total. The number of aliphatic imine (C=N–C) groups is 2. The Labute approximate surface area is 111 Å². The van der Waals surface area contributed by atoms with Gasteiger partial charge in [-0.1, -0.05) is 0 Å². The first-order chi connectivity index (χ1) is 8.88. The van der Waals surface area contributed by atoms with E-state index in [0.29, 0.717) is 12.8 Å². The molecule has 2 aliphatic heterocycles. The van der Waals surface area contributed by atoms with E-state index in [9.17, 15) is 14.7 Å². The van der Waals surface area contributed by atoms with Gasteiger partial charge in [-0.05, 0) is 26.7 Å². The quantitative estimate of drug-likeness (QED) is 0.791. The average Bonchev–Trinajstić information content (AvgIpc) is 2.74. The molecule has 2 atom stereocenters. The molecular formula is C12H18N4O3. The Morgan fingerprint density at radius 1 is 1.47 bits per heavy atom. The van der Waals surface area contributed by atoms with Crippen LogP contribution in [0.4, 0.5) is 4.79 Å². The largest absolute Gasteiger partial charge is 0.393 e. The van der Waals surface area contributed by atoms with Crippen LogP contribution >= 0.6 is 0 Å². The molecule has 1 saturated heterocycles. The Morgan fingerprint density at radius 3 is 2.79 bits per heavy atom. The summed E-state index contributed by atoms with van der Waals surface area (Å²) in [5.41, 5.74) is -0.707. The number of imide groups is 1. The number of rotatable bonds is 4. The van der Waals surface area contributed by atoms with Gasteiger partial charge in [-0.25, -0.2) is 14.8 Å². The number of nitrogens with zero attached hydrogens (tertiary/aromatic N) is 4. The fourth-order valence-corrected chi connectivity index (χ4v) is 2.21. The normalized spacial score (nSPS) is 27.7. The minimum absolute atomic E-state index is 0.270. The number of hydrogen-bond donors (Lipinski definition) is 1. The molecule has 3 amide bonds. The van der Waals surface area contributed by atoms with Gasteiger partial charge in [0.05, 0.1) is 6.10 Å². The third-order valence-electron chi connectivity index (χ3n) is 3.57. The standard InChI is InChI=1S/C12H18N4O3/c1-8(17)5-4-6-16-10(18)9-12(2,14-7-13-9)15(3)11(16)19/h7-8,17H,4-6H2,1-3H3. The van der Waals surface area contributed by atoms with Gasteiger partial charge in [-0.3, -0.25) is 14.6 Å². The second kappa shape index (κ2) is 4.73. The number of fused-ring (bicyclic) bond motifs is 1. The van der Waals surface area contributed by atoms with Crippen LogP contribution in [0.25, 0.3) is 0 Å². The Bertz CT molecular complexity index is 472. The van der Waals surface area contributed by atoms with Crippen LogP contribution in [-0.2, 0) is 4.79 Å². The van der Waals surface area contributed by atoms with Crippen LogP contribution in [0.1, 0.15) is 26.7 Å². The van der Waals surface area contributed by atoms with Crippen LogP contribution in [0.15, 0.2) is 9.98 Å². The van der Waals surface area contributed by atoms with Crippen LogP contribution in [0, 0.1) is 0 Å². The first kappa shape index (κ1) is 13.7. The molecular weight excluding hydrogens is 248 g/mol. The fourth-order valence-electron chi connectivity index (χ4n) is 2.21. The zero-order valence-corrected chi connectivity index (χ0v) is 11.3. The summed E-state index contributed by atoms with van der Waals surface area (Å²) in [5, 5.41) is 9.21. The Kier molecular flexibility index (Phi) is 3.40. The lowest BCUT2D eigenvalue weighted by molar-refractivity contribution is -0.124. The number of amides is 3. The van der Waals surface area contributed by atoms with Gasteiger partial charge >= 0.3 is 6.03 Å². The smallest absolute Gasteiger partial charge is 0.328 e. The Hall–Kier alpha value is -1.76. The van der Waals surface area contributed by atoms with Crippen LogP contribution < -0.4 is 0 Å². The molecule has 0 saturated carbocycles. The SMILES string of the molecule is CC(O)CCCN1C(=O)C2=NC=NC2(C)N(C)C1=O. The highest BCUT2D eigenvalue weighted by molar-refractivity contribution is 6.47. The first-order valence-electron chi connectivity index (χ1n) is 6.27. The molecule has 0 aliphatic carbocycles. The van der Waals surface area contributed by atoms with E-state index in [4.69, 9.17) is 0 Å². The van der Waals surface area contributed by atoms with Gasteiger partial charge in [-0.2, -0.15) is 0 Å². The lowest BCUT2D eigenvalue weighted by Gasteiger charge is -2.41. The van der Waals surface area contributed by atoms with E-state index in [1.807, 2.05) is 0 Å². The molecule has 2 rings (SSSR count). The van der Waals surface area contributed by atoms with Gasteiger partial charge in [0.2, 0.25) is 0 Å². The lowest BCUT2D eigenvalue weighted by atomic mass is 10.0. The molecule has 1 fully saturated rings. The van der Waals surface area contributed by atoms with Gasteiger partial charge in [-0.15, -0.1) is 0 Å². The topological polar surface area (TPSA) is 85.6 Å². The lowest BCUT2D eigenvalue weighted by Crippen LogP contribution is -2.65. The number of aliphatic hydroxyl groups excluding tert-OH is 1. The minimum Gasteiger partial charge on any atom is -0.393 e. The first-order valence-corrected chi connectivity index (χ1v) is 6.27. The minimum atomic E-state index is -0.977. The van der Waals surface area contributed by atoms with Crippen molar-refractivity contribution in [3.8, 4) is 0 Å². The molecule has 7 heteroatoms. The maximum atomic E-state index is 12.2. The Balaban J connectivity index is 2.14. The summed E-state index contributed by atoms with van der Waals surface area (Å²) in [4.78, 5) is 35.1. The maximum Gasteiger partial charge on any atom is 0.328 e. The number of aliphatic hydroxyl groups is 1. The predicted octanol–water partition coefficient (Wildman–Crippen LogP) is 0.240. The van der Waals surface area contributed by atoms with Crippen molar-refractivity contribution >= 4 is 24.0 Å². The van der Waals surface area contributed by atoms with Gasteiger partial charge in [0.25, 0.3) is 5.91 Å². The van der Waals surface area contributed by atoms with Crippen molar-refractivity contribution in [1.82, 2.24) is 9.80 Å². The summed E-state index contributed by atoms with van der Waals surface area (Å²) in [6, 6.07) is -0.379. The third-order valence-corrected chi connectivity index (χ3v) is 3.57. The van der Waals surface area contributed by atoms with E-state index in [1.165, 1.54) is 11.2 Å². The molecule has 19 heavy (non-hydrogen) atoms. The van der Waals surface area contributed by atoms with Gasteiger partial charge in [0.15, 0.2) is 11.4 Å². The highest BCUT2D eigenvalue weighted by atomic mass is 16.3. The summed E-state index contributed by atoms with van der Waals surface area (Å²) >= 11 is 0. The summed E-state index contributed by atoms with van der Waals surface area (Å²) < 4.78 is 0. The third kappa shape index (κ3) is 2.14. The van der Waals surface area contributed by atoms with Crippen LogP contribution in [0.2, 0.25) is 0 Å². The Morgan fingerprint density at radius 2 is 2.16 bits per heavy atom.